The third-order valence-electron chi connectivity index (χ3n) is 3.45. The van der Waals surface area contributed by atoms with E-state index in [0.29, 0.717) is 18.0 Å². The van der Waals surface area contributed by atoms with Crippen molar-refractivity contribution in [1.29, 1.82) is 0 Å². The normalized spacial score (nSPS) is 10.6. The van der Waals surface area contributed by atoms with E-state index in [1.54, 1.807) is 0 Å². The van der Waals surface area contributed by atoms with Crippen LogP contribution in [0.5, 0.6) is 5.75 Å². The number of carbonyl (C=O) groups excluding carboxylic acids is 1. The third kappa shape index (κ3) is 2.61. The number of nitrogens with one attached hydrogen (secondary N) is 1. The predicted octanol–water partition coefficient (Wildman–Crippen LogP) is 3.12. The van der Waals surface area contributed by atoms with E-state index in [1.807, 2.05) is 48.5 Å². The van der Waals surface area contributed by atoms with E-state index in [2.05, 4.69) is 4.98 Å². The molecule has 0 atom stereocenters. The summed E-state index contributed by atoms with van der Waals surface area (Å²) in [5, 5.41) is 0.742. The van der Waals surface area contributed by atoms with E-state index >= 15 is 0 Å². The van der Waals surface area contributed by atoms with E-state index in [9.17, 15) is 4.79 Å². The highest BCUT2D eigenvalue weighted by Crippen LogP contribution is 2.29. The van der Waals surface area contributed by atoms with Crippen LogP contribution in [0.2, 0.25) is 0 Å². The Bertz CT molecular complexity index is 809. The number of nitrogens with two attached hydrogens (primary N) is 1. The van der Waals surface area contributed by atoms with Gasteiger partial charge in [0.15, 0.2) is 0 Å². The number of aromatic amines is 1. The number of aromatic nitrogens is 1. The Morgan fingerprint density at radius 1 is 1.18 bits per heavy atom. The van der Waals surface area contributed by atoms with Gasteiger partial charge in [0.25, 0.3) is 0 Å². The summed E-state index contributed by atoms with van der Waals surface area (Å²) in [6, 6.07) is 15.4. The number of benzene rings is 2. The molecule has 0 fully saturated rings. The fraction of sp³-hybridized carbons (Fsp3) is 0.118. The number of anilines is 1. The zero-order chi connectivity index (χ0) is 15.5. The quantitative estimate of drug-likeness (QED) is 0.725. The maximum absolute atomic E-state index is 11.6. The van der Waals surface area contributed by atoms with Crippen LogP contribution in [0.15, 0.2) is 48.5 Å². The molecule has 1 heterocycles. The monoisotopic (exact) mass is 296 g/mol. The minimum absolute atomic E-state index is 0.262. The summed E-state index contributed by atoms with van der Waals surface area (Å²) in [5.74, 6) is 0.207. The van der Waals surface area contributed by atoms with Crippen molar-refractivity contribution in [3.05, 3.63) is 59.8 Å². The Labute approximate surface area is 127 Å². The van der Waals surface area contributed by atoms with Crippen molar-refractivity contribution in [1.82, 2.24) is 4.98 Å². The first-order valence-electron chi connectivity index (χ1n) is 6.85. The summed E-state index contributed by atoms with van der Waals surface area (Å²) in [4.78, 5) is 14.6. The van der Waals surface area contributed by atoms with Crippen molar-refractivity contribution in [3.63, 3.8) is 0 Å². The SMILES string of the molecule is COC(=O)c1[nH]c2ccc(OCc3ccccc3)cc2c1N. The van der Waals surface area contributed by atoms with Crippen molar-refractivity contribution < 1.29 is 14.3 Å². The van der Waals surface area contributed by atoms with Crippen LogP contribution in [0, 0.1) is 0 Å². The molecule has 5 heteroatoms. The second-order valence-corrected chi connectivity index (χ2v) is 4.89. The smallest absolute Gasteiger partial charge is 0.356 e. The molecule has 0 amide bonds. The number of rotatable bonds is 4. The molecule has 5 nitrogen and oxygen atoms in total. The number of esters is 1. The summed E-state index contributed by atoms with van der Waals surface area (Å²) in [7, 11) is 1.32. The van der Waals surface area contributed by atoms with Crippen molar-refractivity contribution in [2.24, 2.45) is 0 Å². The maximum Gasteiger partial charge on any atom is 0.356 e. The lowest BCUT2D eigenvalue weighted by Gasteiger charge is -2.06. The summed E-state index contributed by atoms with van der Waals surface area (Å²) < 4.78 is 10.5. The molecule has 1 aromatic heterocycles. The van der Waals surface area contributed by atoms with E-state index in [-0.39, 0.29) is 5.69 Å². The number of nitrogen functional groups attached to an aromatic ring is 1. The van der Waals surface area contributed by atoms with Gasteiger partial charge in [-0.05, 0) is 23.8 Å². The molecule has 2 aromatic carbocycles. The van der Waals surface area contributed by atoms with Gasteiger partial charge in [0.05, 0.1) is 12.8 Å². The third-order valence-corrected chi connectivity index (χ3v) is 3.45. The summed E-state index contributed by atoms with van der Waals surface area (Å²) in [6.45, 7) is 0.473. The van der Waals surface area contributed by atoms with Crippen LogP contribution in [0.4, 0.5) is 5.69 Å². The van der Waals surface area contributed by atoms with Crippen molar-refractivity contribution >= 4 is 22.6 Å². The zero-order valence-corrected chi connectivity index (χ0v) is 12.1. The van der Waals surface area contributed by atoms with Gasteiger partial charge in [0, 0.05) is 10.9 Å². The molecule has 3 rings (SSSR count). The van der Waals surface area contributed by atoms with E-state index in [4.69, 9.17) is 15.2 Å². The highest BCUT2D eigenvalue weighted by Gasteiger charge is 2.16. The van der Waals surface area contributed by atoms with Crippen LogP contribution in [0.1, 0.15) is 16.1 Å². The zero-order valence-electron chi connectivity index (χ0n) is 12.1. The lowest BCUT2D eigenvalue weighted by Crippen LogP contribution is -2.04. The van der Waals surface area contributed by atoms with Crippen LogP contribution in [0.3, 0.4) is 0 Å². The summed E-state index contributed by atoms with van der Waals surface area (Å²) in [5.41, 5.74) is 8.49. The molecule has 0 saturated heterocycles. The Morgan fingerprint density at radius 3 is 2.68 bits per heavy atom. The number of hydrogen-bond donors (Lipinski definition) is 2. The van der Waals surface area contributed by atoms with Gasteiger partial charge >= 0.3 is 5.97 Å². The van der Waals surface area contributed by atoms with Crippen LogP contribution < -0.4 is 10.5 Å². The molecular weight excluding hydrogens is 280 g/mol. The van der Waals surface area contributed by atoms with Crippen molar-refractivity contribution in [3.8, 4) is 5.75 Å². The molecule has 0 saturated carbocycles. The minimum atomic E-state index is -0.486. The summed E-state index contributed by atoms with van der Waals surface area (Å²) in [6.07, 6.45) is 0. The van der Waals surface area contributed by atoms with Crippen LogP contribution in [0.25, 0.3) is 10.9 Å². The molecule has 0 aliphatic carbocycles. The number of ether oxygens (including phenoxy) is 2. The Hall–Kier alpha value is -2.95. The van der Waals surface area contributed by atoms with E-state index in [0.717, 1.165) is 16.5 Å². The lowest BCUT2D eigenvalue weighted by molar-refractivity contribution is 0.0596. The van der Waals surface area contributed by atoms with Gasteiger partial charge in [-0.1, -0.05) is 30.3 Å². The first-order chi connectivity index (χ1) is 10.7. The summed E-state index contributed by atoms with van der Waals surface area (Å²) >= 11 is 0. The van der Waals surface area contributed by atoms with Crippen LogP contribution in [-0.2, 0) is 11.3 Å². The molecule has 0 aliphatic heterocycles. The highest BCUT2D eigenvalue weighted by molar-refractivity contribution is 6.05. The number of H-pyrrole nitrogens is 1. The average Bonchev–Trinajstić information content (AvgIpc) is 2.90. The molecule has 22 heavy (non-hydrogen) atoms. The van der Waals surface area contributed by atoms with E-state index in [1.165, 1.54) is 7.11 Å². The van der Waals surface area contributed by atoms with Gasteiger partial charge in [-0.25, -0.2) is 4.79 Å². The molecule has 0 aliphatic rings. The average molecular weight is 296 g/mol. The van der Waals surface area contributed by atoms with Gasteiger partial charge in [0.1, 0.15) is 18.1 Å². The fourth-order valence-corrected chi connectivity index (χ4v) is 2.29. The Balaban J connectivity index is 1.86. The van der Waals surface area contributed by atoms with Crippen LogP contribution in [-0.4, -0.2) is 18.1 Å². The second-order valence-electron chi connectivity index (χ2n) is 4.89. The van der Waals surface area contributed by atoms with E-state index < -0.39 is 5.97 Å². The molecule has 0 spiro atoms. The largest absolute Gasteiger partial charge is 0.489 e. The van der Waals surface area contributed by atoms with Gasteiger partial charge < -0.3 is 20.2 Å². The maximum atomic E-state index is 11.6. The standard InChI is InChI=1S/C17H16N2O3/c1-21-17(20)16-15(18)13-9-12(7-8-14(13)19-16)22-10-11-5-3-2-4-6-11/h2-9,19H,10,18H2,1H3. The van der Waals surface area contributed by atoms with Gasteiger partial charge in [-0.2, -0.15) is 0 Å². The van der Waals surface area contributed by atoms with Gasteiger partial charge in [0.2, 0.25) is 0 Å². The Kier molecular flexibility index (Phi) is 3.70. The predicted molar refractivity (Wildman–Crippen MR) is 84.8 cm³/mol. The number of hydrogen-bond acceptors (Lipinski definition) is 4. The molecule has 0 radical (unpaired) electrons. The molecule has 3 N–H and O–H groups in total. The highest BCUT2D eigenvalue weighted by atomic mass is 16.5. The second kappa shape index (κ2) is 5.81. The molecule has 112 valence electrons. The van der Waals surface area contributed by atoms with Gasteiger partial charge in [-0.15, -0.1) is 0 Å². The van der Waals surface area contributed by atoms with Gasteiger partial charge in [-0.3, -0.25) is 0 Å². The molecular formula is C17H16N2O3. The van der Waals surface area contributed by atoms with Crippen LogP contribution >= 0.6 is 0 Å². The molecule has 0 unspecified atom stereocenters. The Morgan fingerprint density at radius 2 is 1.95 bits per heavy atom. The number of methoxy groups -OCH3 is 1. The molecule has 0 bridgehead atoms. The van der Waals surface area contributed by atoms with Crippen molar-refractivity contribution in [2.45, 2.75) is 6.61 Å². The fourth-order valence-electron chi connectivity index (χ4n) is 2.29. The molecule has 3 aromatic rings. The topological polar surface area (TPSA) is 77.3 Å². The minimum Gasteiger partial charge on any atom is -0.489 e. The number of fused-ring (bicyclic) bond motifs is 1. The lowest BCUT2D eigenvalue weighted by atomic mass is 10.2. The first kappa shape index (κ1) is 14.0. The van der Waals surface area contributed by atoms with Crippen molar-refractivity contribution in [2.75, 3.05) is 12.8 Å². The first-order valence-corrected chi connectivity index (χ1v) is 6.85. The number of carbonyl (C=O) groups is 1.